The molecule has 0 fully saturated rings. The van der Waals surface area contributed by atoms with Gasteiger partial charge in [0.05, 0.1) is 0 Å². The lowest BCUT2D eigenvalue weighted by molar-refractivity contribution is -0.117. The molecule has 0 unspecified atom stereocenters. The van der Waals surface area contributed by atoms with Crippen LogP contribution in [0.3, 0.4) is 0 Å². The fourth-order valence-electron chi connectivity index (χ4n) is 0.879. The molecule has 0 aromatic heterocycles. The summed E-state index contributed by atoms with van der Waals surface area (Å²) in [4.78, 5) is 10.7. The van der Waals surface area contributed by atoms with Gasteiger partial charge in [0.2, 0.25) is 0 Å². The zero-order valence-electron chi connectivity index (χ0n) is 8.48. The fourth-order valence-corrected chi connectivity index (χ4v) is 0.879. The third kappa shape index (κ3) is 5.94. The lowest BCUT2D eigenvalue weighted by Gasteiger charge is -2.17. The average Bonchev–Trinajstić information content (AvgIpc) is 1.98. The molecular formula is C11H18O. The molecule has 0 saturated carbocycles. The first-order valence-electron chi connectivity index (χ1n) is 4.35. The molecular weight excluding hydrogens is 148 g/mol. The van der Waals surface area contributed by atoms with E-state index in [-0.39, 0.29) is 11.2 Å². The zero-order chi connectivity index (χ0) is 9.61. The molecule has 0 aromatic carbocycles. The van der Waals surface area contributed by atoms with Gasteiger partial charge in [-0.1, -0.05) is 13.8 Å². The minimum Gasteiger partial charge on any atom is -0.300 e. The Morgan fingerprint density at radius 3 is 2.50 bits per heavy atom. The van der Waals surface area contributed by atoms with Crippen molar-refractivity contribution in [1.29, 1.82) is 0 Å². The van der Waals surface area contributed by atoms with E-state index in [1.165, 1.54) is 0 Å². The van der Waals surface area contributed by atoms with E-state index in [2.05, 4.69) is 19.6 Å². The quantitative estimate of drug-likeness (QED) is 0.586. The van der Waals surface area contributed by atoms with Crippen LogP contribution in [0.4, 0.5) is 0 Å². The number of ketones is 1. The maximum Gasteiger partial charge on any atom is 0.129 e. The van der Waals surface area contributed by atoms with E-state index in [1.54, 1.807) is 6.92 Å². The molecule has 0 aliphatic carbocycles. The van der Waals surface area contributed by atoms with E-state index in [0.717, 1.165) is 6.42 Å². The predicted octanol–water partition coefficient (Wildman–Crippen LogP) is 3.11. The number of carbonyl (C=O) groups excluding carboxylic acids is 1. The molecule has 0 heterocycles. The monoisotopic (exact) mass is 166 g/mol. The summed E-state index contributed by atoms with van der Waals surface area (Å²) < 4.78 is 0. The first-order chi connectivity index (χ1) is 5.48. The van der Waals surface area contributed by atoms with E-state index in [1.807, 2.05) is 19.1 Å². The second kappa shape index (κ2) is 4.95. The Balaban J connectivity index is 4.04. The third-order valence-electron chi connectivity index (χ3n) is 1.76. The van der Waals surface area contributed by atoms with Crippen LogP contribution in [0.15, 0.2) is 17.9 Å². The first kappa shape index (κ1) is 11.2. The standard InChI is InChI=1S/C11H18O/c1-5-6-8-11(3,4)9-7-10(2)12/h5,8H,7,9H2,1-4H3. The second-order valence-electron chi connectivity index (χ2n) is 3.79. The molecule has 12 heavy (non-hydrogen) atoms. The molecule has 0 rings (SSSR count). The highest BCUT2D eigenvalue weighted by molar-refractivity contribution is 5.75. The summed E-state index contributed by atoms with van der Waals surface area (Å²) in [5, 5.41) is 0. The van der Waals surface area contributed by atoms with Crippen molar-refractivity contribution in [3.63, 3.8) is 0 Å². The normalized spacial score (nSPS) is 10.3. The Bertz CT molecular complexity index is 205. The Morgan fingerprint density at radius 2 is 2.08 bits per heavy atom. The van der Waals surface area contributed by atoms with Crippen molar-refractivity contribution in [2.24, 2.45) is 5.41 Å². The third-order valence-corrected chi connectivity index (χ3v) is 1.76. The van der Waals surface area contributed by atoms with Gasteiger partial charge in [0.1, 0.15) is 5.78 Å². The highest BCUT2D eigenvalue weighted by Crippen LogP contribution is 2.23. The van der Waals surface area contributed by atoms with Crippen molar-refractivity contribution < 1.29 is 4.79 Å². The predicted molar refractivity (Wildman–Crippen MR) is 52.0 cm³/mol. The van der Waals surface area contributed by atoms with Crippen LogP contribution < -0.4 is 0 Å². The van der Waals surface area contributed by atoms with Crippen LogP contribution in [0.5, 0.6) is 0 Å². The van der Waals surface area contributed by atoms with Crippen molar-refractivity contribution >= 4 is 5.78 Å². The van der Waals surface area contributed by atoms with Gasteiger partial charge in [-0.3, -0.25) is 0 Å². The van der Waals surface area contributed by atoms with Gasteiger partial charge in [-0.15, -0.1) is 5.73 Å². The SMILES string of the molecule is CC=C=CC(C)(C)CCC(C)=O. The fraction of sp³-hybridized carbons (Fsp3) is 0.636. The highest BCUT2D eigenvalue weighted by atomic mass is 16.1. The van der Waals surface area contributed by atoms with Gasteiger partial charge in [0, 0.05) is 6.42 Å². The molecule has 0 N–H and O–H groups in total. The summed E-state index contributed by atoms with van der Waals surface area (Å²) >= 11 is 0. The Hall–Kier alpha value is -0.810. The molecule has 1 heteroatoms. The number of hydrogen-bond acceptors (Lipinski definition) is 1. The van der Waals surface area contributed by atoms with Crippen LogP contribution >= 0.6 is 0 Å². The topological polar surface area (TPSA) is 17.1 Å². The molecule has 0 bridgehead atoms. The van der Waals surface area contributed by atoms with Gasteiger partial charge >= 0.3 is 0 Å². The van der Waals surface area contributed by atoms with Gasteiger partial charge in [0.25, 0.3) is 0 Å². The molecule has 0 saturated heterocycles. The lowest BCUT2D eigenvalue weighted by Crippen LogP contribution is -2.08. The molecule has 0 aromatic rings. The molecule has 0 atom stereocenters. The summed E-state index contributed by atoms with van der Waals surface area (Å²) in [5.74, 6) is 0.261. The lowest BCUT2D eigenvalue weighted by atomic mass is 9.87. The zero-order valence-corrected chi connectivity index (χ0v) is 8.48. The van der Waals surface area contributed by atoms with Crippen molar-refractivity contribution in [2.45, 2.75) is 40.5 Å². The summed E-state index contributed by atoms with van der Waals surface area (Å²) in [6, 6.07) is 0. The van der Waals surface area contributed by atoms with Gasteiger partial charge < -0.3 is 4.79 Å². The number of carbonyl (C=O) groups is 1. The summed E-state index contributed by atoms with van der Waals surface area (Å²) in [6.45, 7) is 7.81. The van der Waals surface area contributed by atoms with Gasteiger partial charge in [-0.2, -0.15) is 0 Å². The number of hydrogen-bond donors (Lipinski definition) is 0. The first-order valence-corrected chi connectivity index (χ1v) is 4.35. The van der Waals surface area contributed by atoms with Crippen LogP contribution in [-0.4, -0.2) is 5.78 Å². The van der Waals surface area contributed by atoms with E-state index in [4.69, 9.17) is 0 Å². The number of allylic oxidation sites excluding steroid dienone is 1. The summed E-state index contributed by atoms with van der Waals surface area (Å²) in [6.07, 6.45) is 5.48. The van der Waals surface area contributed by atoms with Crippen LogP contribution in [0.1, 0.15) is 40.5 Å². The van der Waals surface area contributed by atoms with E-state index < -0.39 is 0 Å². The second-order valence-corrected chi connectivity index (χ2v) is 3.79. The van der Waals surface area contributed by atoms with Gasteiger partial charge in [-0.25, -0.2) is 0 Å². The van der Waals surface area contributed by atoms with E-state index in [9.17, 15) is 4.79 Å². The Kier molecular flexibility index (Phi) is 4.61. The molecule has 0 aliphatic heterocycles. The maximum atomic E-state index is 10.7. The van der Waals surface area contributed by atoms with Crippen molar-refractivity contribution in [3.05, 3.63) is 17.9 Å². The largest absolute Gasteiger partial charge is 0.300 e. The van der Waals surface area contributed by atoms with Crippen LogP contribution in [0.2, 0.25) is 0 Å². The highest BCUT2D eigenvalue weighted by Gasteiger charge is 2.13. The van der Waals surface area contributed by atoms with E-state index in [0.29, 0.717) is 6.42 Å². The average molecular weight is 166 g/mol. The maximum absolute atomic E-state index is 10.7. The molecule has 0 radical (unpaired) electrons. The van der Waals surface area contributed by atoms with Crippen molar-refractivity contribution in [3.8, 4) is 0 Å². The van der Waals surface area contributed by atoms with Crippen LogP contribution in [-0.2, 0) is 4.79 Å². The van der Waals surface area contributed by atoms with Crippen LogP contribution in [0, 0.1) is 5.41 Å². The Morgan fingerprint density at radius 1 is 1.50 bits per heavy atom. The minimum absolute atomic E-state index is 0.0954. The smallest absolute Gasteiger partial charge is 0.129 e. The minimum atomic E-state index is 0.0954. The molecule has 0 spiro atoms. The molecule has 0 amide bonds. The van der Waals surface area contributed by atoms with Crippen molar-refractivity contribution in [2.75, 3.05) is 0 Å². The van der Waals surface area contributed by atoms with Gasteiger partial charge in [0.15, 0.2) is 0 Å². The number of Topliss-reactive ketones (excluding diaryl/α,β-unsaturated/α-hetero) is 1. The van der Waals surface area contributed by atoms with Crippen LogP contribution in [0.25, 0.3) is 0 Å². The van der Waals surface area contributed by atoms with E-state index >= 15 is 0 Å². The molecule has 0 aliphatic rings. The molecule has 68 valence electrons. The molecule has 1 nitrogen and oxygen atoms in total. The van der Waals surface area contributed by atoms with Gasteiger partial charge in [-0.05, 0) is 37.8 Å². The number of rotatable bonds is 4. The summed E-state index contributed by atoms with van der Waals surface area (Å²) in [5.41, 5.74) is 3.15. The Labute approximate surface area is 75.2 Å². The summed E-state index contributed by atoms with van der Waals surface area (Å²) in [7, 11) is 0. The van der Waals surface area contributed by atoms with Crippen molar-refractivity contribution in [1.82, 2.24) is 0 Å².